The molecule has 0 unspecified atom stereocenters. The van der Waals surface area contributed by atoms with E-state index in [1.807, 2.05) is 18.2 Å². The Kier molecular flexibility index (Phi) is 7.86. The average molecular weight is 498 g/mol. The first-order valence-corrected chi connectivity index (χ1v) is 10.7. The Hall–Kier alpha value is -3.10. The Labute approximate surface area is 194 Å². The number of nitrogens with zero attached hydrogens (tertiary/aromatic N) is 2. The number of carbonyl (C=O) groups excluding carboxylic acids is 2. The number of carbonyl (C=O) groups is 2. The monoisotopic (exact) mass is 497 g/mol. The number of aromatic nitrogens is 1. The first-order chi connectivity index (χ1) is 15.0. The van der Waals surface area contributed by atoms with Crippen LogP contribution < -0.4 is 10.2 Å². The molecule has 0 fully saturated rings. The lowest BCUT2D eigenvalue weighted by molar-refractivity contribution is 0.0526. The van der Waals surface area contributed by atoms with Gasteiger partial charge in [-0.05, 0) is 73.2 Å². The van der Waals surface area contributed by atoms with Gasteiger partial charge in [0.05, 0.1) is 18.7 Å². The molecule has 2 aromatic carbocycles. The number of rotatable bonds is 6. The van der Waals surface area contributed by atoms with E-state index in [9.17, 15) is 9.59 Å². The zero-order valence-electron chi connectivity index (χ0n) is 16.7. The summed E-state index contributed by atoms with van der Waals surface area (Å²) in [6.07, 6.45) is 3.42. The number of hydrogen-bond acceptors (Lipinski definition) is 5. The number of hydrogen-bond donors (Lipinski definition) is 1. The van der Waals surface area contributed by atoms with Gasteiger partial charge in [-0.15, -0.1) is 0 Å². The first kappa shape index (κ1) is 22.6. The van der Waals surface area contributed by atoms with Crippen molar-refractivity contribution in [2.75, 3.05) is 11.5 Å². The van der Waals surface area contributed by atoms with Crippen LogP contribution >= 0.6 is 28.1 Å². The summed E-state index contributed by atoms with van der Waals surface area (Å²) in [4.78, 5) is 30.6. The SMILES string of the molecule is CCOC(=O)c1ccc(N(Cc2cccnc2)C(=S)NC(=O)c2cccc(Br)c2)cc1. The Bertz CT molecular complexity index is 1070. The van der Waals surface area contributed by atoms with E-state index >= 15 is 0 Å². The van der Waals surface area contributed by atoms with Crippen molar-refractivity contribution < 1.29 is 14.3 Å². The van der Waals surface area contributed by atoms with Crippen molar-refractivity contribution in [3.8, 4) is 0 Å². The molecule has 0 radical (unpaired) electrons. The highest BCUT2D eigenvalue weighted by atomic mass is 79.9. The average Bonchev–Trinajstić information content (AvgIpc) is 2.78. The lowest BCUT2D eigenvalue weighted by Gasteiger charge is -2.26. The van der Waals surface area contributed by atoms with Crippen LogP contribution in [0.25, 0.3) is 0 Å². The van der Waals surface area contributed by atoms with Crippen LogP contribution in [0.1, 0.15) is 33.2 Å². The Morgan fingerprint density at radius 3 is 2.52 bits per heavy atom. The second-order valence-corrected chi connectivity index (χ2v) is 7.79. The third kappa shape index (κ3) is 6.19. The van der Waals surface area contributed by atoms with Gasteiger partial charge in [0.25, 0.3) is 5.91 Å². The van der Waals surface area contributed by atoms with Crippen LogP contribution in [0, 0.1) is 0 Å². The molecule has 0 saturated carbocycles. The van der Waals surface area contributed by atoms with Gasteiger partial charge in [-0.2, -0.15) is 0 Å². The Morgan fingerprint density at radius 2 is 1.87 bits per heavy atom. The van der Waals surface area contributed by atoms with Gasteiger partial charge in [0.15, 0.2) is 5.11 Å². The van der Waals surface area contributed by atoms with Gasteiger partial charge >= 0.3 is 5.97 Å². The largest absolute Gasteiger partial charge is 0.462 e. The number of pyridine rings is 1. The smallest absolute Gasteiger partial charge is 0.338 e. The second-order valence-electron chi connectivity index (χ2n) is 6.48. The van der Waals surface area contributed by atoms with Crippen molar-refractivity contribution in [1.29, 1.82) is 0 Å². The van der Waals surface area contributed by atoms with Gasteiger partial charge in [0, 0.05) is 28.1 Å². The lowest BCUT2D eigenvalue weighted by atomic mass is 10.2. The topological polar surface area (TPSA) is 71.5 Å². The molecule has 1 amide bonds. The molecule has 31 heavy (non-hydrogen) atoms. The number of ether oxygens (including phenoxy) is 1. The number of nitrogens with one attached hydrogen (secondary N) is 1. The number of thiocarbonyl (C=S) groups is 1. The maximum atomic E-state index is 12.7. The minimum atomic E-state index is -0.390. The van der Waals surface area contributed by atoms with Crippen LogP contribution in [-0.2, 0) is 11.3 Å². The highest BCUT2D eigenvalue weighted by Crippen LogP contribution is 2.20. The van der Waals surface area contributed by atoms with Crippen molar-refractivity contribution >= 4 is 50.8 Å². The molecule has 1 heterocycles. The Morgan fingerprint density at radius 1 is 1.10 bits per heavy atom. The van der Waals surface area contributed by atoms with Crippen molar-refractivity contribution in [2.45, 2.75) is 13.5 Å². The predicted octanol–water partition coefficient (Wildman–Crippen LogP) is 4.74. The van der Waals surface area contributed by atoms with Crippen molar-refractivity contribution in [2.24, 2.45) is 0 Å². The van der Waals surface area contributed by atoms with Crippen LogP contribution in [0.4, 0.5) is 5.69 Å². The molecule has 0 aliphatic rings. The summed E-state index contributed by atoms with van der Waals surface area (Å²) in [6.45, 7) is 2.46. The standard InChI is InChI=1S/C23H20BrN3O3S/c1-2-30-22(29)17-8-10-20(11-9-17)27(15-16-5-4-12-25-14-16)23(31)26-21(28)18-6-3-7-19(24)13-18/h3-14H,2,15H2,1H3,(H,26,28,31). The number of amides is 1. The number of esters is 1. The molecular weight excluding hydrogens is 478 g/mol. The molecule has 0 spiro atoms. The molecule has 1 N–H and O–H groups in total. The third-order valence-electron chi connectivity index (χ3n) is 4.31. The fraction of sp³-hybridized carbons (Fsp3) is 0.130. The van der Waals surface area contributed by atoms with Gasteiger partial charge < -0.3 is 9.64 Å². The van der Waals surface area contributed by atoms with Crippen LogP contribution in [-0.4, -0.2) is 28.6 Å². The van der Waals surface area contributed by atoms with E-state index in [0.29, 0.717) is 24.3 Å². The van der Waals surface area contributed by atoms with Crippen LogP contribution in [0.15, 0.2) is 77.5 Å². The van der Waals surface area contributed by atoms with E-state index in [0.717, 1.165) is 15.7 Å². The van der Waals surface area contributed by atoms with Crippen LogP contribution in [0.2, 0.25) is 0 Å². The van der Waals surface area contributed by atoms with E-state index in [1.54, 1.807) is 66.7 Å². The third-order valence-corrected chi connectivity index (χ3v) is 5.12. The molecule has 0 aliphatic heterocycles. The molecular formula is C23H20BrN3O3S. The molecule has 0 bridgehead atoms. The van der Waals surface area contributed by atoms with Crippen molar-refractivity contribution in [1.82, 2.24) is 10.3 Å². The lowest BCUT2D eigenvalue weighted by Crippen LogP contribution is -2.42. The van der Waals surface area contributed by atoms with Gasteiger partial charge in [0.2, 0.25) is 0 Å². The number of anilines is 1. The minimum Gasteiger partial charge on any atom is -0.462 e. The molecule has 158 valence electrons. The maximum absolute atomic E-state index is 12.7. The van der Waals surface area contributed by atoms with Gasteiger partial charge in [0.1, 0.15) is 0 Å². The molecule has 8 heteroatoms. The van der Waals surface area contributed by atoms with Gasteiger partial charge in [-0.25, -0.2) is 4.79 Å². The molecule has 0 aliphatic carbocycles. The van der Waals surface area contributed by atoms with Crippen LogP contribution in [0.5, 0.6) is 0 Å². The molecule has 6 nitrogen and oxygen atoms in total. The predicted molar refractivity (Wildman–Crippen MR) is 127 cm³/mol. The van der Waals surface area contributed by atoms with E-state index in [4.69, 9.17) is 17.0 Å². The maximum Gasteiger partial charge on any atom is 0.338 e. The molecule has 0 saturated heterocycles. The van der Waals surface area contributed by atoms with Gasteiger partial charge in [-0.1, -0.05) is 28.1 Å². The zero-order valence-corrected chi connectivity index (χ0v) is 19.2. The van der Waals surface area contributed by atoms with Gasteiger partial charge in [-0.3, -0.25) is 15.1 Å². The molecule has 1 aromatic heterocycles. The highest BCUT2D eigenvalue weighted by Gasteiger charge is 2.17. The van der Waals surface area contributed by atoms with E-state index in [1.165, 1.54) is 0 Å². The summed E-state index contributed by atoms with van der Waals surface area (Å²) >= 11 is 8.93. The highest BCUT2D eigenvalue weighted by molar-refractivity contribution is 9.10. The number of benzene rings is 2. The fourth-order valence-electron chi connectivity index (χ4n) is 2.81. The van der Waals surface area contributed by atoms with E-state index in [2.05, 4.69) is 26.2 Å². The van der Waals surface area contributed by atoms with Crippen molar-refractivity contribution in [3.05, 3.63) is 94.2 Å². The summed E-state index contributed by atoms with van der Waals surface area (Å²) in [7, 11) is 0. The summed E-state index contributed by atoms with van der Waals surface area (Å²) in [5.41, 5.74) is 2.55. The number of halogens is 1. The fourth-order valence-corrected chi connectivity index (χ4v) is 3.47. The zero-order chi connectivity index (χ0) is 22.2. The normalized spacial score (nSPS) is 10.3. The first-order valence-electron chi connectivity index (χ1n) is 9.52. The summed E-state index contributed by atoms with van der Waals surface area (Å²) in [5.74, 6) is -0.705. The summed E-state index contributed by atoms with van der Waals surface area (Å²) in [5, 5.41) is 3.02. The quantitative estimate of drug-likeness (QED) is 0.391. The minimum absolute atomic E-state index is 0.234. The summed E-state index contributed by atoms with van der Waals surface area (Å²) in [6, 6.07) is 17.7. The van der Waals surface area contributed by atoms with E-state index in [-0.39, 0.29) is 11.0 Å². The molecule has 3 aromatic rings. The Balaban J connectivity index is 1.84. The van der Waals surface area contributed by atoms with Crippen molar-refractivity contribution in [3.63, 3.8) is 0 Å². The van der Waals surface area contributed by atoms with E-state index < -0.39 is 5.97 Å². The molecule has 3 rings (SSSR count). The molecule has 0 atom stereocenters. The second kappa shape index (κ2) is 10.8. The van der Waals surface area contributed by atoms with Crippen LogP contribution in [0.3, 0.4) is 0 Å². The summed E-state index contributed by atoms with van der Waals surface area (Å²) < 4.78 is 5.83.